The van der Waals surface area contributed by atoms with Gasteiger partial charge in [-0.05, 0) is 0 Å². The van der Waals surface area contributed by atoms with E-state index in [-0.39, 0.29) is 0 Å². The summed E-state index contributed by atoms with van der Waals surface area (Å²) in [6.07, 6.45) is -110. The van der Waals surface area contributed by atoms with Crippen LogP contribution in [0.15, 0.2) is 0 Å². The summed E-state index contributed by atoms with van der Waals surface area (Å²) in [5.41, 5.74) is 0. The quantitative estimate of drug-likeness (QED) is 0.0277. The van der Waals surface area contributed by atoms with Crippen LogP contribution in [0, 0.1) is 0 Å². The third-order valence-corrected chi connectivity index (χ3v) is 25.0. The summed E-state index contributed by atoms with van der Waals surface area (Å²) in [6, 6.07) is -10.1. The molecule has 11 saturated heterocycles. The second-order valence-corrected chi connectivity index (χ2v) is 34.5. The second kappa shape index (κ2) is 49.5. The van der Waals surface area contributed by atoms with Gasteiger partial charge in [0.15, 0.2) is 69.2 Å². The van der Waals surface area contributed by atoms with Gasteiger partial charge in [0.1, 0.15) is 268 Å². The van der Waals surface area contributed by atoms with Gasteiger partial charge in [-0.25, -0.2) is 0 Å². The van der Waals surface area contributed by atoms with Crippen LogP contribution in [-0.2, 0) is 123 Å². The van der Waals surface area contributed by atoms with Crippen LogP contribution < -0.4 is 26.6 Å². The number of carbonyl (C=O) groups is 5. The van der Waals surface area contributed by atoms with Crippen LogP contribution in [0.4, 0.5) is 0 Å². The van der Waals surface area contributed by atoms with E-state index in [0.717, 1.165) is 34.6 Å². The van der Waals surface area contributed by atoms with E-state index in [1.54, 1.807) is 0 Å². The van der Waals surface area contributed by atoms with Crippen molar-refractivity contribution in [3.05, 3.63) is 0 Å². The van der Waals surface area contributed by atoms with Crippen LogP contribution in [-0.4, -0.2) is 593 Å². The predicted octanol–water partition coefficient (Wildman–Crippen LogP) is -24.3. The molecule has 55 atom stereocenters. The van der Waals surface area contributed by atoms with Gasteiger partial charge in [-0.15, -0.1) is 0 Å². The Balaban J connectivity index is 1.00. The summed E-state index contributed by atoms with van der Waals surface area (Å²) in [4.78, 5) is 65.5. The van der Waals surface area contributed by atoms with Crippen LogP contribution in [0.2, 0.25) is 0 Å². The molecule has 0 aromatic rings. The lowest BCUT2D eigenvalue weighted by Crippen LogP contribution is -2.72. The molecule has 0 aliphatic carbocycles. The van der Waals surface area contributed by atoms with Crippen molar-refractivity contribution in [1.82, 2.24) is 26.6 Å². The largest absolute Gasteiger partial charge is 0.394 e. The molecule has 35 N–H and O–H groups in total. The van der Waals surface area contributed by atoms with Crippen LogP contribution >= 0.6 is 0 Å². The number of aliphatic hydroxyl groups is 30. The zero-order valence-electron chi connectivity index (χ0n) is 73.6. The lowest BCUT2D eigenvalue weighted by atomic mass is 9.93. The fraction of sp³-hybridized carbons (Fsp3) is 0.934. The lowest BCUT2D eigenvalue weighted by Gasteiger charge is -2.52. The molecule has 61 heteroatoms. The molecule has 11 aliphatic rings. The number of hydrogen-bond acceptors (Lipinski definition) is 56. The minimum absolute atomic E-state index is 0.833. The van der Waals surface area contributed by atoms with Crippen molar-refractivity contribution >= 4 is 29.5 Å². The molecule has 0 radical (unpaired) electrons. The van der Waals surface area contributed by atoms with Gasteiger partial charge in [-0.1, -0.05) is 0 Å². The maximum atomic E-state index is 13.5. The van der Waals surface area contributed by atoms with E-state index in [9.17, 15) is 177 Å². The van der Waals surface area contributed by atoms with Gasteiger partial charge in [-0.2, -0.15) is 0 Å². The van der Waals surface area contributed by atoms with Crippen LogP contribution in [0.1, 0.15) is 34.6 Å². The van der Waals surface area contributed by atoms with Crippen molar-refractivity contribution in [1.29, 1.82) is 0 Å². The first kappa shape index (κ1) is 113. The van der Waals surface area contributed by atoms with E-state index in [1.165, 1.54) is 0 Å². The van der Waals surface area contributed by atoms with Gasteiger partial charge < -0.3 is 279 Å². The molecule has 11 fully saturated rings. The van der Waals surface area contributed by atoms with Gasteiger partial charge in [-0.3, -0.25) is 24.0 Å². The zero-order valence-corrected chi connectivity index (χ0v) is 73.6. The van der Waals surface area contributed by atoms with Gasteiger partial charge in [0.05, 0.1) is 72.7 Å². The predicted molar refractivity (Wildman–Crippen MR) is 420 cm³/mol. The average molecular weight is 2010 g/mol. The zero-order chi connectivity index (χ0) is 101. The minimum atomic E-state index is -2.78. The molecular weight excluding hydrogens is 1880 g/mol. The molecule has 11 heterocycles. The summed E-state index contributed by atoms with van der Waals surface area (Å²) < 4.78 is 127. The van der Waals surface area contributed by atoms with Crippen molar-refractivity contribution in [2.75, 3.05) is 72.7 Å². The first-order chi connectivity index (χ1) is 64.9. The molecule has 0 saturated carbocycles. The topological polar surface area (TPSA) is 946 Å². The molecule has 11 aliphatic heterocycles. The molecule has 61 nitrogen and oxygen atoms in total. The number of nitrogens with one attached hydrogen (secondary N) is 5. The SMILES string of the molecule is CC(=O)N[C@H]1[C@H](O[C@H]2[C@H](O)[C@@H](NC(C)=O)C(O)O[C@@H]2CO)O[C@H](CO)[C@@H](O[C@@H]2O[C@H](CO[C@H]3O[C@H](CO)[C@@H](O)[C@H](O)[C@@H]3O[C@@H]3O[C@H](CO)[C@@H](O[C@@H]4O[C@H](CO)[C@H](O)[C@H](O)[C@H]4O)[C@H](O)[C@H]3NC(C)=O)[C@@H](O)[C@H](O[C@H]3O[C@H](CO)[C@@H](O)[C@H](O[C@@H]4O[C@H](CO)[C@@H](O[C@@H]5O[C@H](CO)[C@H](O)[C@H](O)[C@H]5O)[C@H](O)[C@H]4NC(C)=O)[C@@H]3O[C@@H]3O[C@H](CO)[C@@H](O[C@@H]4O[C@H](CO)[C@H](O)[C@H](O)[C@H]4O)[C@H](O)[C@H]3NC(C)=O)[C@@H]2O)[C@@H]1O. The van der Waals surface area contributed by atoms with Gasteiger partial charge in [0, 0.05) is 34.6 Å². The van der Waals surface area contributed by atoms with E-state index in [1.807, 2.05) is 0 Å². The average Bonchev–Trinajstić information content (AvgIpc) is 0.742. The second-order valence-electron chi connectivity index (χ2n) is 34.5. The smallest absolute Gasteiger partial charge is 0.217 e. The Morgan fingerprint density at radius 1 is 0.190 bits per heavy atom. The molecule has 137 heavy (non-hydrogen) atoms. The Morgan fingerprint density at radius 2 is 0.409 bits per heavy atom. The normalized spacial score (nSPS) is 48.9. The molecule has 11 rings (SSSR count). The molecule has 0 spiro atoms. The molecule has 0 bridgehead atoms. The number of rotatable bonds is 36. The van der Waals surface area contributed by atoms with Crippen molar-refractivity contribution in [3.63, 3.8) is 0 Å². The Bertz CT molecular complexity index is 3780. The van der Waals surface area contributed by atoms with E-state index in [4.69, 9.17) is 99.5 Å². The minimum Gasteiger partial charge on any atom is -0.394 e. The van der Waals surface area contributed by atoms with Gasteiger partial charge in [0.25, 0.3) is 0 Å². The van der Waals surface area contributed by atoms with Crippen molar-refractivity contribution < 1.29 is 277 Å². The summed E-state index contributed by atoms with van der Waals surface area (Å²) in [7, 11) is 0. The van der Waals surface area contributed by atoms with Crippen LogP contribution in [0.5, 0.6) is 0 Å². The summed E-state index contributed by atoms with van der Waals surface area (Å²) >= 11 is 0. The first-order valence-corrected chi connectivity index (χ1v) is 43.7. The van der Waals surface area contributed by atoms with Crippen molar-refractivity contribution in [2.24, 2.45) is 0 Å². The van der Waals surface area contributed by atoms with Crippen molar-refractivity contribution in [2.45, 2.75) is 372 Å². The van der Waals surface area contributed by atoms with Crippen LogP contribution in [0.25, 0.3) is 0 Å². The number of hydrogen-bond donors (Lipinski definition) is 35. The maximum absolute atomic E-state index is 13.5. The molecule has 1 unspecified atom stereocenters. The molecule has 0 aromatic heterocycles. The van der Waals surface area contributed by atoms with E-state index >= 15 is 0 Å². The highest BCUT2D eigenvalue weighted by molar-refractivity contribution is 5.75. The molecule has 0 aromatic carbocycles. The molecular formula is C76H127N5O56. The Morgan fingerprint density at radius 3 is 0.730 bits per heavy atom. The third kappa shape index (κ3) is 25.0. The number of carbonyl (C=O) groups excluding carboxylic acids is 5. The maximum Gasteiger partial charge on any atom is 0.217 e. The first-order valence-electron chi connectivity index (χ1n) is 43.7. The highest BCUT2D eigenvalue weighted by Gasteiger charge is 2.64. The Labute approximate surface area is 775 Å². The number of amides is 5. The summed E-state index contributed by atoms with van der Waals surface area (Å²) in [6.45, 7) is -8.54. The number of ether oxygens (including phenoxy) is 21. The van der Waals surface area contributed by atoms with Gasteiger partial charge >= 0.3 is 0 Å². The highest BCUT2D eigenvalue weighted by Crippen LogP contribution is 2.43. The third-order valence-electron chi connectivity index (χ3n) is 25.0. The van der Waals surface area contributed by atoms with Crippen LogP contribution in [0.3, 0.4) is 0 Å². The standard InChI is InChI=1S/C76H127N5O56/c1-17(92)77-33-44(103)57(27(11-87)118-66(33)116)129-67-34(78-18(2)93)45(104)61(31(15-91)124-67)133-74-56(115)62(43(102)32(128-74)16-117-75-64(52(111)41(100)25(9-85)122-75)136-69-36(80-20(4)95)47(106)59(29(13-89)126-69)131-72-54(113)50(109)39(98)23(7-83)120-72)134-76-65(137-70-37(81-21(5)96)48(107)60(30(14-90)127-70)132-73-55(114)51(110)40(99)24(8-84)121-73)63(42(101)26(10-86)123-76)135-68-35(79-19(3)94)46(105)58(28(12-88)125-68)130-71-53(112)49(108)38(97)22(6-82)119-71/h22-76,82-91,97-116H,6-16H2,1-5H3,(H,77,92)(H,78,93)(H,79,94)(H,80,95)(H,81,96)/t22-,23-,24-,25-,26-,27-,28-,29-,30-,31-,32-,33-,34-,35-,36-,37-,38+,39+,40+,41-,42-,43-,44-,45-,46-,47-,48-,49+,50+,51+,52+,53-,54-,55-,56+,57-,58-,59-,60-,61-,62+,63+,64+,65+,66?,67+,68+,69+,70+,71+,72+,73+,74+,75+,76-/m1/s1. The number of aliphatic hydroxyl groups excluding tert-OH is 30. The Kier molecular flexibility index (Phi) is 40.7. The monoisotopic (exact) mass is 2010 g/mol. The van der Waals surface area contributed by atoms with E-state index in [0.29, 0.717) is 0 Å². The van der Waals surface area contributed by atoms with E-state index in [2.05, 4.69) is 26.6 Å². The fourth-order valence-electron chi connectivity index (χ4n) is 17.8. The lowest BCUT2D eigenvalue weighted by molar-refractivity contribution is -0.409. The molecule has 792 valence electrons. The van der Waals surface area contributed by atoms with Gasteiger partial charge in [0.2, 0.25) is 29.5 Å². The molecule has 5 amide bonds. The van der Waals surface area contributed by atoms with Crippen molar-refractivity contribution in [3.8, 4) is 0 Å². The summed E-state index contributed by atoms with van der Waals surface area (Å²) in [5.74, 6) is -4.97. The fourth-order valence-corrected chi connectivity index (χ4v) is 17.8. The Hall–Kier alpha value is -4.69. The van der Waals surface area contributed by atoms with E-state index < -0.39 is 440 Å². The highest BCUT2D eigenvalue weighted by atomic mass is 16.8. The summed E-state index contributed by atoms with van der Waals surface area (Å²) in [5, 5.41) is 350.